The molecule has 0 aliphatic rings. The zero-order valence-corrected chi connectivity index (χ0v) is 15.8. The quantitative estimate of drug-likeness (QED) is 0.431. The van der Waals surface area contributed by atoms with Crippen molar-refractivity contribution in [3.63, 3.8) is 0 Å². The number of thioether (sulfide) groups is 1. The zero-order chi connectivity index (χ0) is 16.8. The lowest BCUT2D eigenvalue weighted by atomic mass is 10.2. The SMILES string of the molecule is O=C(Nc1ccc(SCc2cccnc2)cc1)c1ccccc1I. The number of nitrogens with one attached hydrogen (secondary N) is 1. The molecular formula is C19H15IN2OS. The van der Waals surface area contributed by atoms with Crippen LogP contribution in [0.15, 0.2) is 78.0 Å². The second kappa shape index (κ2) is 8.30. The van der Waals surface area contributed by atoms with Crippen LogP contribution in [0.2, 0.25) is 0 Å². The molecule has 120 valence electrons. The van der Waals surface area contributed by atoms with Gasteiger partial charge in [-0.2, -0.15) is 0 Å². The summed E-state index contributed by atoms with van der Waals surface area (Å²) >= 11 is 3.92. The average Bonchev–Trinajstić information content (AvgIpc) is 2.62. The van der Waals surface area contributed by atoms with E-state index in [1.165, 1.54) is 5.56 Å². The van der Waals surface area contributed by atoms with Crippen LogP contribution in [0.4, 0.5) is 5.69 Å². The Bertz CT molecular complexity index is 822. The first-order valence-electron chi connectivity index (χ1n) is 7.40. The largest absolute Gasteiger partial charge is 0.322 e. The Morgan fingerprint density at radius 1 is 1.04 bits per heavy atom. The second-order valence-corrected chi connectivity index (χ2v) is 7.32. The minimum Gasteiger partial charge on any atom is -0.322 e. The van der Waals surface area contributed by atoms with E-state index in [0.29, 0.717) is 5.56 Å². The molecule has 0 aliphatic carbocycles. The van der Waals surface area contributed by atoms with Gasteiger partial charge in [0.2, 0.25) is 0 Å². The van der Waals surface area contributed by atoms with Crippen molar-refractivity contribution in [3.05, 3.63) is 87.8 Å². The van der Waals surface area contributed by atoms with Crippen LogP contribution < -0.4 is 5.32 Å². The molecule has 3 aromatic rings. The number of hydrogen-bond donors (Lipinski definition) is 1. The highest BCUT2D eigenvalue weighted by Gasteiger charge is 2.09. The van der Waals surface area contributed by atoms with Crippen molar-refractivity contribution >= 4 is 45.9 Å². The molecule has 0 atom stereocenters. The second-order valence-electron chi connectivity index (χ2n) is 5.11. The van der Waals surface area contributed by atoms with Gasteiger partial charge in [0.1, 0.15) is 0 Å². The summed E-state index contributed by atoms with van der Waals surface area (Å²) in [6.07, 6.45) is 3.66. The summed E-state index contributed by atoms with van der Waals surface area (Å²) in [5, 5.41) is 2.94. The summed E-state index contributed by atoms with van der Waals surface area (Å²) in [6.45, 7) is 0. The molecule has 0 saturated heterocycles. The Labute approximate surface area is 159 Å². The third-order valence-electron chi connectivity index (χ3n) is 3.36. The van der Waals surface area contributed by atoms with E-state index in [1.54, 1.807) is 18.0 Å². The van der Waals surface area contributed by atoms with Crippen LogP contribution in [0.3, 0.4) is 0 Å². The van der Waals surface area contributed by atoms with Crippen LogP contribution in [-0.2, 0) is 5.75 Å². The van der Waals surface area contributed by atoms with Crippen molar-refractivity contribution in [1.29, 1.82) is 0 Å². The van der Waals surface area contributed by atoms with E-state index in [4.69, 9.17) is 0 Å². The number of pyridine rings is 1. The van der Waals surface area contributed by atoms with Crippen LogP contribution in [-0.4, -0.2) is 10.9 Å². The molecule has 3 nitrogen and oxygen atoms in total. The van der Waals surface area contributed by atoms with Gasteiger partial charge in [-0.05, 0) is 70.6 Å². The molecule has 24 heavy (non-hydrogen) atoms. The van der Waals surface area contributed by atoms with Gasteiger partial charge in [0.25, 0.3) is 5.91 Å². The molecule has 0 bridgehead atoms. The fourth-order valence-corrected chi connectivity index (χ4v) is 3.59. The Morgan fingerprint density at radius 2 is 1.83 bits per heavy atom. The van der Waals surface area contributed by atoms with Gasteiger partial charge in [-0.25, -0.2) is 0 Å². The predicted molar refractivity (Wildman–Crippen MR) is 107 cm³/mol. The Morgan fingerprint density at radius 3 is 2.54 bits per heavy atom. The molecule has 2 aromatic carbocycles. The lowest BCUT2D eigenvalue weighted by Gasteiger charge is -2.08. The monoisotopic (exact) mass is 446 g/mol. The van der Waals surface area contributed by atoms with Crippen molar-refractivity contribution in [2.24, 2.45) is 0 Å². The van der Waals surface area contributed by atoms with Gasteiger partial charge >= 0.3 is 0 Å². The third-order valence-corrected chi connectivity index (χ3v) is 5.38. The molecule has 1 amide bonds. The summed E-state index contributed by atoms with van der Waals surface area (Å²) in [4.78, 5) is 17.6. The van der Waals surface area contributed by atoms with E-state index in [-0.39, 0.29) is 5.91 Å². The highest BCUT2D eigenvalue weighted by atomic mass is 127. The Balaban J connectivity index is 1.60. The van der Waals surface area contributed by atoms with Gasteiger partial charge in [0.15, 0.2) is 0 Å². The fraction of sp³-hybridized carbons (Fsp3) is 0.0526. The van der Waals surface area contributed by atoms with E-state index >= 15 is 0 Å². The topological polar surface area (TPSA) is 42.0 Å². The van der Waals surface area contributed by atoms with Crippen LogP contribution in [0, 0.1) is 3.57 Å². The Kier molecular flexibility index (Phi) is 5.87. The smallest absolute Gasteiger partial charge is 0.256 e. The highest BCUT2D eigenvalue weighted by molar-refractivity contribution is 14.1. The van der Waals surface area contributed by atoms with E-state index in [1.807, 2.05) is 60.8 Å². The van der Waals surface area contributed by atoms with Crippen LogP contribution in [0.25, 0.3) is 0 Å². The molecule has 1 aromatic heterocycles. The molecule has 1 N–H and O–H groups in total. The van der Waals surface area contributed by atoms with Gasteiger partial charge in [-0.1, -0.05) is 18.2 Å². The van der Waals surface area contributed by atoms with E-state index in [0.717, 1.165) is 19.9 Å². The maximum Gasteiger partial charge on any atom is 0.256 e. The summed E-state index contributed by atoms with van der Waals surface area (Å²) < 4.78 is 0.941. The van der Waals surface area contributed by atoms with Gasteiger partial charge in [0, 0.05) is 32.3 Å². The summed E-state index contributed by atoms with van der Waals surface area (Å²) in [5.41, 5.74) is 2.68. The molecule has 5 heteroatoms. The maximum atomic E-state index is 12.3. The molecule has 0 spiro atoms. The number of hydrogen-bond acceptors (Lipinski definition) is 3. The molecular weight excluding hydrogens is 431 g/mol. The van der Waals surface area contributed by atoms with Crippen LogP contribution in [0.1, 0.15) is 15.9 Å². The first-order chi connectivity index (χ1) is 11.7. The molecule has 3 rings (SSSR count). The number of carbonyl (C=O) groups is 1. The zero-order valence-electron chi connectivity index (χ0n) is 12.8. The van der Waals surface area contributed by atoms with Crippen molar-refractivity contribution < 1.29 is 4.79 Å². The van der Waals surface area contributed by atoms with Gasteiger partial charge < -0.3 is 5.32 Å². The number of benzene rings is 2. The third kappa shape index (κ3) is 4.58. The highest BCUT2D eigenvalue weighted by Crippen LogP contribution is 2.24. The summed E-state index contributed by atoms with van der Waals surface area (Å²) in [5.74, 6) is 0.789. The van der Waals surface area contributed by atoms with E-state index in [9.17, 15) is 4.79 Å². The summed E-state index contributed by atoms with van der Waals surface area (Å²) in [7, 11) is 0. The normalized spacial score (nSPS) is 10.4. The number of rotatable bonds is 5. The lowest BCUT2D eigenvalue weighted by molar-refractivity contribution is 0.102. The number of anilines is 1. The number of aromatic nitrogens is 1. The number of amides is 1. The van der Waals surface area contributed by atoms with Crippen molar-refractivity contribution in [2.45, 2.75) is 10.6 Å². The maximum absolute atomic E-state index is 12.3. The van der Waals surface area contributed by atoms with Crippen LogP contribution >= 0.6 is 34.4 Å². The van der Waals surface area contributed by atoms with Gasteiger partial charge in [0.05, 0.1) is 5.56 Å². The number of halogens is 1. The number of nitrogens with zero attached hydrogens (tertiary/aromatic N) is 1. The standard InChI is InChI=1S/C19H15IN2OS/c20-18-6-2-1-5-17(18)19(23)22-15-7-9-16(10-8-15)24-13-14-4-3-11-21-12-14/h1-12H,13H2,(H,22,23). The minimum atomic E-state index is -0.0873. The van der Waals surface area contributed by atoms with Gasteiger partial charge in [-0.15, -0.1) is 11.8 Å². The molecule has 0 fully saturated rings. The first kappa shape index (κ1) is 17.0. The molecule has 0 aliphatic heterocycles. The lowest BCUT2D eigenvalue weighted by Crippen LogP contribution is -2.13. The molecule has 0 unspecified atom stereocenters. The van der Waals surface area contributed by atoms with Crippen molar-refractivity contribution in [1.82, 2.24) is 4.98 Å². The van der Waals surface area contributed by atoms with E-state index < -0.39 is 0 Å². The number of carbonyl (C=O) groups excluding carboxylic acids is 1. The molecule has 1 heterocycles. The first-order valence-corrected chi connectivity index (χ1v) is 9.46. The van der Waals surface area contributed by atoms with Crippen LogP contribution in [0.5, 0.6) is 0 Å². The predicted octanol–water partition coefficient (Wildman–Crippen LogP) is 5.23. The van der Waals surface area contributed by atoms with E-state index in [2.05, 4.69) is 39.0 Å². The summed E-state index contributed by atoms with van der Waals surface area (Å²) in [6, 6.07) is 19.5. The molecule has 0 saturated carbocycles. The average molecular weight is 446 g/mol. The minimum absolute atomic E-state index is 0.0873. The van der Waals surface area contributed by atoms with Crippen molar-refractivity contribution in [2.75, 3.05) is 5.32 Å². The fourth-order valence-electron chi connectivity index (χ4n) is 2.13. The van der Waals surface area contributed by atoms with Crippen molar-refractivity contribution in [3.8, 4) is 0 Å². The molecule has 0 radical (unpaired) electrons. The Hall–Kier alpha value is -1.86. The van der Waals surface area contributed by atoms with Gasteiger partial charge in [-0.3, -0.25) is 9.78 Å².